The molecule has 6 fully saturated rings. The number of hydrogen-bond donors (Lipinski definition) is 1. The van der Waals surface area contributed by atoms with Crippen molar-refractivity contribution < 1.29 is 5.11 Å². The summed E-state index contributed by atoms with van der Waals surface area (Å²) in [7, 11) is 0. The second-order valence-corrected chi connectivity index (χ2v) is 6.63. The molecule has 0 aliphatic heterocycles. The molecule has 6 aliphatic rings. The molecule has 9 unspecified atom stereocenters. The van der Waals surface area contributed by atoms with Crippen LogP contribution in [0.4, 0.5) is 0 Å². The van der Waals surface area contributed by atoms with Crippen molar-refractivity contribution in [2.75, 3.05) is 0 Å². The molecule has 13 heavy (non-hydrogen) atoms. The highest BCUT2D eigenvalue weighted by Crippen LogP contribution is 2.86. The quantitative estimate of drug-likeness (QED) is 0.593. The SMILES string of the molecule is CC12CC3C4CC5C3C1C(O)C5C42. The van der Waals surface area contributed by atoms with Gasteiger partial charge < -0.3 is 5.11 Å². The van der Waals surface area contributed by atoms with Crippen molar-refractivity contribution in [3.63, 3.8) is 0 Å². The predicted octanol–water partition coefficient (Wildman–Crippen LogP) is 1.52. The molecule has 0 spiro atoms. The van der Waals surface area contributed by atoms with E-state index >= 15 is 0 Å². The summed E-state index contributed by atoms with van der Waals surface area (Å²) in [6.07, 6.45) is 3.08. The minimum atomic E-state index is 0.113. The van der Waals surface area contributed by atoms with Gasteiger partial charge in [0.15, 0.2) is 0 Å². The fourth-order valence-corrected chi connectivity index (χ4v) is 7.14. The summed E-state index contributed by atoms with van der Waals surface area (Å²) >= 11 is 0. The first-order chi connectivity index (χ1) is 6.23. The zero-order chi connectivity index (χ0) is 8.53. The summed E-state index contributed by atoms with van der Waals surface area (Å²) in [5.41, 5.74) is 0.594. The molecule has 9 atom stereocenters. The molecular formula is C12H16O. The molecule has 6 rings (SSSR count). The monoisotopic (exact) mass is 176 g/mol. The molecule has 1 nitrogen and oxygen atoms in total. The van der Waals surface area contributed by atoms with Crippen LogP contribution in [0.5, 0.6) is 0 Å². The molecule has 0 aromatic rings. The molecule has 0 aromatic carbocycles. The van der Waals surface area contributed by atoms with E-state index in [4.69, 9.17) is 0 Å². The smallest absolute Gasteiger partial charge is 0.0610 e. The molecule has 0 amide bonds. The van der Waals surface area contributed by atoms with Crippen LogP contribution in [-0.4, -0.2) is 11.2 Å². The summed E-state index contributed by atoms with van der Waals surface area (Å²) in [6, 6.07) is 0. The molecule has 0 heterocycles. The van der Waals surface area contributed by atoms with Gasteiger partial charge in [0.25, 0.3) is 0 Å². The molecule has 70 valence electrons. The minimum Gasteiger partial charge on any atom is -0.392 e. The first kappa shape index (κ1) is 6.44. The number of rotatable bonds is 0. The Morgan fingerprint density at radius 3 is 2.69 bits per heavy atom. The van der Waals surface area contributed by atoms with Crippen molar-refractivity contribution in [3.8, 4) is 0 Å². The van der Waals surface area contributed by atoms with E-state index in [1.807, 2.05) is 0 Å². The highest BCUT2D eigenvalue weighted by molar-refractivity contribution is 5.31. The van der Waals surface area contributed by atoms with Crippen LogP contribution >= 0.6 is 0 Å². The summed E-state index contributed by atoms with van der Waals surface area (Å²) in [4.78, 5) is 0. The summed E-state index contributed by atoms with van der Waals surface area (Å²) in [6.45, 7) is 2.49. The van der Waals surface area contributed by atoms with Gasteiger partial charge in [0, 0.05) is 0 Å². The topological polar surface area (TPSA) is 20.2 Å². The first-order valence-corrected chi connectivity index (χ1v) is 5.91. The van der Waals surface area contributed by atoms with Crippen molar-refractivity contribution >= 4 is 0 Å². The first-order valence-electron chi connectivity index (χ1n) is 5.91. The Hall–Kier alpha value is -0.0400. The van der Waals surface area contributed by atoms with Gasteiger partial charge in [-0.2, -0.15) is 0 Å². The third kappa shape index (κ3) is 0.366. The third-order valence-corrected chi connectivity index (χ3v) is 6.83. The van der Waals surface area contributed by atoms with Crippen LogP contribution in [-0.2, 0) is 0 Å². The minimum absolute atomic E-state index is 0.113. The van der Waals surface area contributed by atoms with E-state index in [9.17, 15) is 5.11 Å². The van der Waals surface area contributed by atoms with Crippen LogP contribution in [0.25, 0.3) is 0 Å². The van der Waals surface area contributed by atoms with Gasteiger partial charge in [-0.05, 0) is 59.7 Å². The number of hydrogen-bond acceptors (Lipinski definition) is 1. The second kappa shape index (κ2) is 1.41. The number of aliphatic hydroxyl groups is 1. The van der Waals surface area contributed by atoms with E-state index in [-0.39, 0.29) is 6.10 Å². The lowest BCUT2D eigenvalue weighted by molar-refractivity contribution is 0.0629. The second-order valence-electron chi connectivity index (χ2n) is 6.63. The van der Waals surface area contributed by atoms with Crippen LogP contribution in [0.3, 0.4) is 0 Å². The Bertz CT molecular complexity index is 312. The molecule has 6 aliphatic carbocycles. The van der Waals surface area contributed by atoms with Crippen LogP contribution < -0.4 is 0 Å². The summed E-state index contributed by atoms with van der Waals surface area (Å²) in [5.74, 6) is 6.49. The van der Waals surface area contributed by atoms with Crippen molar-refractivity contribution in [2.45, 2.75) is 25.9 Å². The zero-order valence-corrected chi connectivity index (χ0v) is 7.98. The van der Waals surface area contributed by atoms with Gasteiger partial charge in [-0.3, -0.25) is 0 Å². The van der Waals surface area contributed by atoms with E-state index < -0.39 is 0 Å². The largest absolute Gasteiger partial charge is 0.392 e. The van der Waals surface area contributed by atoms with Gasteiger partial charge in [-0.1, -0.05) is 6.92 Å². The molecule has 0 saturated heterocycles. The Labute approximate surface area is 78.5 Å². The fraction of sp³-hybridized carbons (Fsp3) is 1.00. The van der Waals surface area contributed by atoms with Crippen LogP contribution in [0.1, 0.15) is 19.8 Å². The van der Waals surface area contributed by atoms with Gasteiger partial charge in [0.05, 0.1) is 6.10 Å². The fourth-order valence-electron chi connectivity index (χ4n) is 7.14. The van der Waals surface area contributed by atoms with E-state index in [0.717, 1.165) is 41.4 Å². The van der Waals surface area contributed by atoms with Gasteiger partial charge in [0.2, 0.25) is 0 Å². The maximum atomic E-state index is 10.3. The standard InChI is InChI=1S/C12H16O/c1-12-3-6-4-2-5-7(6)10(12)11(13)8(5)9(4)12/h4-11,13H,2-3H2,1H3. The van der Waals surface area contributed by atoms with Crippen molar-refractivity contribution in [1.29, 1.82) is 0 Å². The van der Waals surface area contributed by atoms with Gasteiger partial charge >= 0.3 is 0 Å². The zero-order valence-electron chi connectivity index (χ0n) is 7.98. The Balaban J connectivity index is 1.89. The maximum Gasteiger partial charge on any atom is 0.0610 e. The lowest BCUT2D eigenvalue weighted by atomic mass is 9.64. The molecule has 6 bridgehead atoms. The van der Waals surface area contributed by atoms with Gasteiger partial charge in [0.1, 0.15) is 0 Å². The Kier molecular flexibility index (Phi) is 0.697. The number of aliphatic hydroxyl groups excluding tert-OH is 1. The molecule has 6 saturated carbocycles. The van der Waals surface area contributed by atoms with E-state index in [2.05, 4.69) is 6.92 Å². The van der Waals surface area contributed by atoms with Crippen LogP contribution in [0, 0.1) is 46.8 Å². The Morgan fingerprint density at radius 2 is 1.92 bits per heavy atom. The van der Waals surface area contributed by atoms with Gasteiger partial charge in [-0.15, -0.1) is 0 Å². The lowest BCUT2D eigenvalue weighted by Gasteiger charge is -2.39. The molecule has 0 aromatic heterocycles. The van der Waals surface area contributed by atoms with Crippen LogP contribution in [0.2, 0.25) is 0 Å². The van der Waals surface area contributed by atoms with E-state index in [0.29, 0.717) is 5.41 Å². The maximum absolute atomic E-state index is 10.3. The average molecular weight is 176 g/mol. The summed E-state index contributed by atoms with van der Waals surface area (Å²) < 4.78 is 0. The van der Waals surface area contributed by atoms with Crippen molar-refractivity contribution in [3.05, 3.63) is 0 Å². The van der Waals surface area contributed by atoms with E-state index in [1.165, 1.54) is 12.8 Å². The van der Waals surface area contributed by atoms with Gasteiger partial charge in [-0.25, -0.2) is 0 Å². The highest BCUT2D eigenvalue weighted by atomic mass is 16.3. The third-order valence-electron chi connectivity index (χ3n) is 6.83. The highest BCUT2D eigenvalue weighted by Gasteiger charge is 2.84. The predicted molar refractivity (Wildman–Crippen MR) is 47.8 cm³/mol. The van der Waals surface area contributed by atoms with Crippen molar-refractivity contribution in [2.24, 2.45) is 46.8 Å². The Morgan fingerprint density at radius 1 is 1.08 bits per heavy atom. The molecular weight excluding hydrogens is 160 g/mol. The molecule has 1 heteroatoms. The molecule has 1 N–H and O–H groups in total. The summed E-state index contributed by atoms with van der Waals surface area (Å²) in [5, 5.41) is 10.3. The normalized spacial score (nSPS) is 85.4. The van der Waals surface area contributed by atoms with Crippen molar-refractivity contribution in [1.82, 2.24) is 0 Å². The van der Waals surface area contributed by atoms with Crippen LogP contribution in [0.15, 0.2) is 0 Å². The molecule has 0 radical (unpaired) electrons. The van der Waals surface area contributed by atoms with E-state index in [1.54, 1.807) is 0 Å². The lowest BCUT2D eigenvalue weighted by Crippen LogP contribution is -2.36. The average Bonchev–Trinajstić information content (AvgIpc) is 2.70.